The van der Waals surface area contributed by atoms with Gasteiger partial charge in [0.15, 0.2) is 5.13 Å². The summed E-state index contributed by atoms with van der Waals surface area (Å²) in [4.78, 5) is 16.9. The van der Waals surface area contributed by atoms with Crippen LogP contribution in [-0.4, -0.2) is 10.9 Å². The highest BCUT2D eigenvalue weighted by Crippen LogP contribution is 2.29. The number of fused-ring (bicyclic) bond motifs is 1. The Morgan fingerprint density at radius 3 is 2.59 bits per heavy atom. The van der Waals surface area contributed by atoms with Crippen LogP contribution < -0.4 is 10.1 Å². The van der Waals surface area contributed by atoms with E-state index in [-0.39, 0.29) is 5.91 Å². The number of aryl methyl sites for hydroxylation is 1. The van der Waals surface area contributed by atoms with Gasteiger partial charge in [-0.15, -0.1) is 0 Å². The number of hydrogen-bond acceptors (Lipinski definition) is 4. The largest absolute Gasteiger partial charge is 0.489 e. The summed E-state index contributed by atoms with van der Waals surface area (Å²) in [6.45, 7) is 2.50. The molecule has 0 fully saturated rings. The number of thiazole rings is 1. The Kier molecular flexibility index (Phi) is 4.85. The van der Waals surface area contributed by atoms with Gasteiger partial charge < -0.3 is 4.74 Å². The Labute approximate surface area is 161 Å². The molecule has 27 heavy (non-hydrogen) atoms. The number of benzene rings is 3. The predicted octanol–water partition coefficient (Wildman–Crippen LogP) is 5.44. The summed E-state index contributed by atoms with van der Waals surface area (Å²) in [7, 11) is 0. The summed E-state index contributed by atoms with van der Waals surface area (Å²) < 4.78 is 6.85. The molecular weight excluding hydrogens is 356 g/mol. The molecule has 0 spiro atoms. The fraction of sp³-hybridized carbons (Fsp3) is 0.0909. The van der Waals surface area contributed by atoms with Gasteiger partial charge in [-0.1, -0.05) is 59.4 Å². The molecule has 0 aliphatic rings. The number of aromatic nitrogens is 1. The topological polar surface area (TPSA) is 51.2 Å². The number of anilines is 1. The van der Waals surface area contributed by atoms with E-state index in [4.69, 9.17) is 4.74 Å². The number of carbonyl (C=O) groups excluding carboxylic acids is 1. The number of hydrogen-bond donors (Lipinski definition) is 1. The summed E-state index contributed by atoms with van der Waals surface area (Å²) >= 11 is 1.45. The molecule has 0 atom stereocenters. The SMILES string of the molecule is Cc1ccc(C(=O)Nc2nc3cc(OCc4ccccc4)ccc3s2)cc1. The highest BCUT2D eigenvalue weighted by Gasteiger charge is 2.10. The monoisotopic (exact) mass is 374 g/mol. The van der Waals surface area contributed by atoms with Crippen LogP contribution >= 0.6 is 11.3 Å². The van der Waals surface area contributed by atoms with Crippen LogP contribution in [0.15, 0.2) is 72.8 Å². The van der Waals surface area contributed by atoms with Crippen molar-refractivity contribution >= 4 is 32.6 Å². The first kappa shape index (κ1) is 17.2. The van der Waals surface area contributed by atoms with Crippen LogP contribution in [0.25, 0.3) is 10.2 Å². The van der Waals surface area contributed by atoms with Crippen molar-refractivity contribution in [3.63, 3.8) is 0 Å². The normalized spacial score (nSPS) is 10.7. The summed E-state index contributed by atoms with van der Waals surface area (Å²) in [5.74, 6) is 0.600. The van der Waals surface area contributed by atoms with Crippen LogP contribution in [0.5, 0.6) is 5.75 Å². The smallest absolute Gasteiger partial charge is 0.257 e. The third-order valence-electron chi connectivity index (χ3n) is 4.14. The zero-order valence-electron chi connectivity index (χ0n) is 14.8. The first-order chi connectivity index (χ1) is 13.2. The van der Waals surface area contributed by atoms with Gasteiger partial charge in [-0.05, 0) is 36.8 Å². The van der Waals surface area contributed by atoms with E-state index >= 15 is 0 Å². The number of rotatable bonds is 5. The van der Waals surface area contributed by atoms with Crippen LogP contribution in [-0.2, 0) is 6.61 Å². The molecule has 0 saturated heterocycles. The maximum Gasteiger partial charge on any atom is 0.257 e. The molecule has 1 N–H and O–H groups in total. The quantitative estimate of drug-likeness (QED) is 0.506. The van der Waals surface area contributed by atoms with Crippen LogP contribution in [0.2, 0.25) is 0 Å². The van der Waals surface area contributed by atoms with Crippen LogP contribution in [0.1, 0.15) is 21.5 Å². The van der Waals surface area contributed by atoms with Gasteiger partial charge in [-0.3, -0.25) is 10.1 Å². The Balaban J connectivity index is 1.47. The van der Waals surface area contributed by atoms with E-state index < -0.39 is 0 Å². The number of nitrogens with one attached hydrogen (secondary N) is 1. The summed E-state index contributed by atoms with van der Waals surface area (Å²) in [6.07, 6.45) is 0. The molecule has 1 amide bonds. The second kappa shape index (κ2) is 7.60. The third-order valence-corrected chi connectivity index (χ3v) is 5.09. The third kappa shape index (κ3) is 4.15. The molecule has 134 valence electrons. The van der Waals surface area contributed by atoms with Gasteiger partial charge in [0.25, 0.3) is 5.91 Å². The van der Waals surface area contributed by atoms with Crippen LogP contribution in [0.4, 0.5) is 5.13 Å². The Morgan fingerprint density at radius 1 is 1.04 bits per heavy atom. The zero-order valence-corrected chi connectivity index (χ0v) is 15.6. The highest BCUT2D eigenvalue weighted by molar-refractivity contribution is 7.22. The van der Waals surface area contributed by atoms with Crippen LogP contribution in [0, 0.1) is 6.92 Å². The molecule has 3 aromatic carbocycles. The number of nitrogens with zero attached hydrogens (tertiary/aromatic N) is 1. The predicted molar refractivity (Wildman–Crippen MR) is 110 cm³/mol. The van der Waals surface area contributed by atoms with Crippen molar-refractivity contribution in [1.82, 2.24) is 4.98 Å². The fourth-order valence-corrected chi connectivity index (χ4v) is 3.51. The molecule has 0 radical (unpaired) electrons. The number of ether oxygens (including phenoxy) is 1. The Morgan fingerprint density at radius 2 is 1.81 bits per heavy atom. The highest BCUT2D eigenvalue weighted by atomic mass is 32.1. The first-order valence-electron chi connectivity index (χ1n) is 8.63. The van der Waals surface area contributed by atoms with Gasteiger partial charge in [0.05, 0.1) is 10.2 Å². The Bertz CT molecular complexity index is 1070. The van der Waals surface area contributed by atoms with Gasteiger partial charge in [-0.2, -0.15) is 0 Å². The number of carbonyl (C=O) groups is 1. The second-order valence-electron chi connectivity index (χ2n) is 6.24. The van der Waals surface area contributed by atoms with Gasteiger partial charge >= 0.3 is 0 Å². The van der Waals surface area contributed by atoms with E-state index in [1.54, 1.807) is 0 Å². The van der Waals surface area contributed by atoms with E-state index in [9.17, 15) is 4.79 Å². The molecule has 0 aliphatic heterocycles. The minimum absolute atomic E-state index is 0.158. The summed E-state index contributed by atoms with van der Waals surface area (Å²) in [6, 6.07) is 23.3. The molecular formula is C22H18N2O2S. The lowest BCUT2D eigenvalue weighted by molar-refractivity contribution is 0.102. The van der Waals surface area contributed by atoms with Crippen molar-refractivity contribution in [3.8, 4) is 5.75 Å². The van der Waals surface area contributed by atoms with Gasteiger partial charge in [0.1, 0.15) is 12.4 Å². The second-order valence-corrected chi connectivity index (χ2v) is 7.27. The van der Waals surface area contributed by atoms with E-state index in [2.05, 4.69) is 10.3 Å². The average molecular weight is 374 g/mol. The van der Waals surface area contributed by atoms with E-state index in [1.165, 1.54) is 11.3 Å². The lowest BCUT2D eigenvalue weighted by Crippen LogP contribution is -2.11. The van der Waals surface area contributed by atoms with Crippen LogP contribution in [0.3, 0.4) is 0 Å². The summed E-state index contributed by atoms with van der Waals surface area (Å²) in [5.41, 5.74) is 3.66. The van der Waals surface area contributed by atoms with Gasteiger partial charge in [0.2, 0.25) is 0 Å². The number of amides is 1. The molecule has 0 unspecified atom stereocenters. The van der Waals surface area contributed by atoms with Crippen molar-refractivity contribution in [3.05, 3.63) is 89.5 Å². The molecule has 1 heterocycles. The minimum atomic E-state index is -0.158. The maximum absolute atomic E-state index is 12.4. The van der Waals surface area contributed by atoms with Gasteiger partial charge in [-0.25, -0.2) is 4.98 Å². The average Bonchev–Trinajstić information content (AvgIpc) is 3.09. The van der Waals surface area contributed by atoms with Gasteiger partial charge in [0, 0.05) is 11.6 Å². The molecule has 0 aliphatic carbocycles. The maximum atomic E-state index is 12.4. The van der Waals surface area contributed by atoms with Crippen molar-refractivity contribution in [2.24, 2.45) is 0 Å². The van der Waals surface area contributed by atoms with E-state index in [0.717, 1.165) is 27.1 Å². The minimum Gasteiger partial charge on any atom is -0.489 e. The van der Waals surface area contributed by atoms with E-state index in [0.29, 0.717) is 17.3 Å². The van der Waals surface area contributed by atoms with Crippen molar-refractivity contribution < 1.29 is 9.53 Å². The molecule has 5 heteroatoms. The van der Waals surface area contributed by atoms with Crippen molar-refractivity contribution in [2.75, 3.05) is 5.32 Å². The molecule has 0 saturated carbocycles. The van der Waals surface area contributed by atoms with Crippen molar-refractivity contribution in [1.29, 1.82) is 0 Å². The molecule has 4 nitrogen and oxygen atoms in total. The molecule has 0 bridgehead atoms. The fourth-order valence-electron chi connectivity index (χ4n) is 2.67. The molecule has 4 aromatic rings. The standard InChI is InChI=1S/C22H18N2O2S/c1-15-7-9-17(10-8-15)21(25)24-22-23-19-13-18(11-12-20(19)27-22)26-14-16-5-3-2-4-6-16/h2-13H,14H2,1H3,(H,23,24,25). The lowest BCUT2D eigenvalue weighted by Gasteiger charge is -2.05. The first-order valence-corrected chi connectivity index (χ1v) is 9.44. The lowest BCUT2D eigenvalue weighted by atomic mass is 10.1. The Hall–Kier alpha value is -3.18. The molecule has 4 rings (SSSR count). The van der Waals surface area contributed by atoms with Crippen molar-refractivity contribution in [2.45, 2.75) is 13.5 Å². The van der Waals surface area contributed by atoms with E-state index in [1.807, 2.05) is 79.7 Å². The summed E-state index contributed by atoms with van der Waals surface area (Å²) in [5, 5.41) is 3.45. The zero-order chi connectivity index (χ0) is 18.6. The molecule has 1 aromatic heterocycles.